The molecule has 8 heteroatoms. The number of aliphatic carboxylic acids is 1. The lowest BCUT2D eigenvalue weighted by atomic mass is 9.97. The first-order chi connectivity index (χ1) is 15.7. The molecule has 1 N–H and O–H groups in total. The Morgan fingerprint density at radius 1 is 0.697 bits per heavy atom. The number of hydrogen-bond donors (Lipinski definition) is 1. The number of ether oxygens (including phenoxy) is 3. The zero-order valence-electron chi connectivity index (χ0n) is 20.9. The molecule has 0 saturated carbocycles. The minimum atomic E-state index is -0.806. The summed E-state index contributed by atoms with van der Waals surface area (Å²) < 4.78 is 15.7. The molecule has 0 aromatic heterocycles. The predicted molar refractivity (Wildman–Crippen MR) is 125 cm³/mol. The standard InChI is InChI=1S/C25H44O8/c1-5-11-23(28)31-17-21(18-32-24(29)12-6-2)33-25(30)16-20(4)14-10-8-7-9-13-19(3)15-22(26)27/h19-21H,5-18H2,1-4H3,(H,26,27). The lowest BCUT2D eigenvalue weighted by Crippen LogP contribution is -2.31. The van der Waals surface area contributed by atoms with Crippen molar-refractivity contribution in [2.24, 2.45) is 11.8 Å². The second-order valence-corrected chi connectivity index (χ2v) is 8.98. The van der Waals surface area contributed by atoms with Gasteiger partial charge in [0.05, 0.1) is 0 Å². The zero-order chi connectivity index (χ0) is 25.1. The van der Waals surface area contributed by atoms with Crippen LogP contribution in [-0.2, 0) is 33.4 Å². The van der Waals surface area contributed by atoms with Crippen LogP contribution in [0.2, 0.25) is 0 Å². The van der Waals surface area contributed by atoms with Crippen LogP contribution in [0.4, 0.5) is 0 Å². The van der Waals surface area contributed by atoms with Gasteiger partial charge in [0.25, 0.3) is 0 Å². The van der Waals surface area contributed by atoms with Crippen LogP contribution in [0.15, 0.2) is 0 Å². The molecule has 0 aliphatic heterocycles. The van der Waals surface area contributed by atoms with Crippen molar-refractivity contribution in [2.75, 3.05) is 13.2 Å². The fourth-order valence-corrected chi connectivity index (χ4v) is 3.40. The van der Waals surface area contributed by atoms with Gasteiger partial charge in [-0.1, -0.05) is 66.2 Å². The normalized spacial score (nSPS) is 12.8. The van der Waals surface area contributed by atoms with E-state index in [0.29, 0.717) is 12.8 Å². The summed E-state index contributed by atoms with van der Waals surface area (Å²) in [6.45, 7) is 7.44. The molecule has 0 saturated heterocycles. The maximum Gasteiger partial charge on any atom is 0.306 e. The molecule has 0 aliphatic rings. The molecule has 0 aliphatic carbocycles. The van der Waals surface area contributed by atoms with Crippen LogP contribution in [0.25, 0.3) is 0 Å². The Bertz CT molecular complexity index is 553. The number of unbranched alkanes of at least 4 members (excludes halogenated alkanes) is 3. The summed E-state index contributed by atoms with van der Waals surface area (Å²) in [5, 5.41) is 8.78. The minimum Gasteiger partial charge on any atom is -0.481 e. The summed E-state index contributed by atoms with van der Waals surface area (Å²) in [4.78, 5) is 46.3. The molecule has 0 aromatic rings. The Balaban J connectivity index is 4.26. The monoisotopic (exact) mass is 472 g/mol. The molecule has 2 atom stereocenters. The van der Waals surface area contributed by atoms with Crippen molar-refractivity contribution < 1.29 is 38.5 Å². The molecule has 0 amide bonds. The molecular weight excluding hydrogens is 428 g/mol. The van der Waals surface area contributed by atoms with Crippen LogP contribution in [0.5, 0.6) is 0 Å². The third kappa shape index (κ3) is 19.1. The lowest BCUT2D eigenvalue weighted by Gasteiger charge is -2.19. The summed E-state index contributed by atoms with van der Waals surface area (Å²) in [7, 11) is 0. The number of esters is 3. The first-order valence-electron chi connectivity index (χ1n) is 12.4. The van der Waals surface area contributed by atoms with E-state index >= 15 is 0 Å². The van der Waals surface area contributed by atoms with E-state index < -0.39 is 18.0 Å². The van der Waals surface area contributed by atoms with Crippen LogP contribution >= 0.6 is 0 Å². The third-order valence-corrected chi connectivity index (χ3v) is 5.25. The first kappa shape index (κ1) is 30.9. The number of carbonyl (C=O) groups is 4. The highest BCUT2D eigenvalue weighted by molar-refractivity contribution is 5.71. The zero-order valence-corrected chi connectivity index (χ0v) is 20.9. The molecule has 0 bridgehead atoms. The van der Waals surface area contributed by atoms with Gasteiger partial charge in [0, 0.05) is 25.7 Å². The van der Waals surface area contributed by atoms with Gasteiger partial charge in [0.1, 0.15) is 13.2 Å². The fourth-order valence-electron chi connectivity index (χ4n) is 3.40. The van der Waals surface area contributed by atoms with Gasteiger partial charge in [-0.15, -0.1) is 0 Å². The summed E-state index contributed by atoms with van der Waals surface area (Å²) in [5.41, 5.74) is 0. The van der Waals surface area contributed by atoms with E-state index in [2.05, 4.69) is 0 Å². The second-order valence-electron chi connectivity index (χ2n) is 8.98. The maximum atomic E-state index is 12.4. The highest BCUT2D eigenvalue weighted by atomic mass is 16.6. The van der Waals surface area contributed by atoms with Crippen LogP contribution in [0.3, 0.4) is 0 Å². The highest BCUT2D eigenvalue weighted by Crippen LogP contribution is 2.18. The molecular formula is C25H44O8. The smallest absolute Gasteiger partial charge is 0.306 e. The summed E-state index contributed by atoms with van der Waals surface area (Å²) in [5.74, 6) is -1.54. The topological polar surface area (TPSA) is 116 Å². The number of hydrogen-bond acceptors (Lipinski definition) is 7. The molecule has 0 spiro atoms. The first-order valence-corrected chi connectivity index (χ1v) is 12.4. The molecule has 8 nitrogen and oxygen atoms in total. The summed E-state index contributed by atoms with van der Waals surface area (Å²) in [6, 6.07) is 0. The molecule has 0 heterocycles. The van der Waals surface area contributed by atoms with Crippen LogP contribution < -0.4 is 0 Å². The van der Waals surface area contributed by atoms with Crippen molar-refractivity contribution in [1.29, 1.82) is 0 Å². The van der Waals surface area contributed by atoms with E-state index in [9.17, 15) is 19.2 Å². The van der Waals surface area contributed by atoms with Gasteiger partial charge in [0.2, 0.25) is 0 Å². The van der Waals surface area contributed by atoms with Gasteiger partial charge in [-0.2, -0.15) is 0 Å². The molecule has 0 rings (SSSR count). The Hall–Kier alpha value is -2.12. The molecule has 0 fully saturated rings. The predicted octanol–water partition coefficient (Wildman–Crippen LogP) is 5.06. The van der Waals surface area contributed by atoms with Gasteiger partial charge in [0.15, 0.2) is 6.10 Å². The molecule has 0 radical (unpaired) electrons. The van der Waals surface area contributed by atoms with Gasteiger partial charge < -0.3 is 19.3 Å². The largest absolute Gasteiger partial charge is 0.481 e. The molecule has 2 unspecified atom stereocenters. The van der Waals surface area contributed by atoms with Crippen molar-refractivity contribution in [1.82, 2.24) is 0 Å². The van der Waals surface area contributed by atoms with E-state index in [0.717, 1.165) is 38.5 Å². The Morgan fingerprint density at radius 3 is 1.58 bits per heavy atom. The van der Waals surface area contributed by atoms with E-state index in [1.807, 2.05) is 27.7 Å². The Labute approximate surface area is 198 Å². The Kier molecular flexibility index (Phi) is 18.1. The van der Waals surface area contributed by atoms with Gasteiger partial charge in [-0.3, -0.25) is 19.2 Å². The highest BCUT2D eigenvalue weighted by Gasteiger charge is 2.20. The van der Waals surface area contributed by atoms with Gasteiger partial charge >= 0.3 is 23.9 Å². The van der Waals surface area contributed by atoms with E-state index in [1.165, 1.54) is 0 Å². The number of carboxylic acid groups (broad SMARTS) is 1. The average Bonchev–Trinajstić information content (AvgIpc) is 2.72. The number of rotatable bonds is 20. The van der Waals surface area contributed by atoms with Crippen molar-refractivity contribution >= 4 is 23.9 Å². The van der Waals surface area contributed by atoms with Crippen molar-refractivity contribution in [3.63, 3.8) is 0 Å². The number of carbonyl (C=O) groups excluding carboxylic acids is 3. The summed E-state index contributed by atoms with van der Waals surface area (Å²) in [6.07, 6.45) is 7.46. The molecule has 192 valence electrons. The van der Waals surface area contributed by atoms with E-state index in [1.54, 1.807) is 0 Å². The van der Waals surface area contributed by atoms with Crippen LogP contribution in [-0.4, -0.2) is 48.3 Å². The number of carboxylic acids is 1. The lowest BCUT2D eigenvalue weighted by molar-refractivity contribution is -0.167. The van der Waals surface area contributed by atoms with Crippen LogP contribution in [0, 0.1) is 11.8 Å². The van der Waals surface area contributed by atoms with Gasteiger partial charge in [-0.25, -0.2) is 0 Å². The average molecular weight is 473 g/mol. The second kappa shape index (κ2) is 19.4. The van der Waals surface area contributed by atoms with E-state index in [4.69, 9.17) is 19.3 Å². The van der Waals surface area contributed by atoms with Gasteiger partial charge in [-0.05, 0) is 24.7 Å². The third-order valence-electron chi connectivity index (χ3n) is 5.25. The van der Waals surface area contributed by atoms with Crippen molar-refractivity contribution in [2.45, 2.75) is 111 Å². The Morgan fingerprint density at radius 2 is 1.15 bits per heavy atom. The SMILES string of the molecule is CCCC(=O)OCC(COC(=O)CCC)OC(=O)CC(C)CCCCCCC(C)CC(=O)O. The van der Waals surface area contributed by atoms with Crippen molar-refractivity contribution in [3.8, 4) is 0 Å². The van der Waals surface area contributed by atoms with Crippen molar-refractivity contribution in [3.05, 3.63) is 0 Å². The van der Waals surface area contributed by atoms with Crippen LogP contribution in [0.1, 0.15) is 105 Å². The fraction of sp³-hybridized carbons (Fsp3) is 0.840. The maximum absolute atomic E-state index is 12.4. The molecule has 33 heavy (non-hydrogen) atoms. The quantitative estimate of drug-likeness (QED) is 0.148. The summed E-state index contributed by atoms with van der Waals surface area (Å²) >= 11 is 0. The molecule has 0 aromatic carbocycles. The van der Waals surface area contributed by atoms with E-state index in [-0.39, 0.29) is 62.7 Å². The minimum absolute atomic E-state index is 0.126.